The maximum atomic E-state index is 13.6. The van der Waals surface area contributed by atoms with Crippen LogP contribution >= 0.6 is 0 Å². The second-order valence-corrected chi connectivity index (χ2v) is 7.07. The van der Waals surface area contributed by atoms with Crippen molar-refractivity contribution >= 4 is 23.1 Å². The number of para-hydroxylation sites is 3. The molecule has 0 aliphatic rings. The molecule has 1 aromatic heterocycles. The molecule has 0 radical (unpaired) electrons. The standard InChI is InChI=1S/C23H25F3N4O/c1-3-4-9-14-31-20-13-8-7-12-19(20)28-21-17(23(24,25)26)15-27-22(30-21)29-18-11-6-5-10-16(18)2/h5-8,10-13,15H,3-4,9,14H2,1-2H3,(H2,27,28,29,30). The van der Waals surface area contributed by atoms with Crippen LogP contribution in [0, 0.1) is 6.92 Å². The van der Waals surface area contributed by atoms with Gasteiger partial charge in [-0.3, -0.25) is 0 Å². The first-order valence-electron chi connectivity index (χ1n) is 10.1. The third kappa shape index (κ3) is 6.10. The third-order valence-corrected chi connectivity index (χ3v) is 4.63. The number of hydrogen-bond donors (Lipinski definition) is 2. The van der Waals surface area contributed by atoms with E-state index in [1.54, 1.807) is 24.3 Å². The van der Waals surface area contributed by atoms with Crippen LogP contribution in [0.2, 0.25) is 0 Å². The summed E-state index contributed by atoms with van der Waals surface area (Å²) in [5, 5.41) is 5.77. The van der Waals surface area contributed by atoms with Gasteiger partial charge in [0.05, 0.1) is 12.3 Å². The van der Waals surface area contributed by atoms with Gasteiger partial charge in [-0.1, -0.05) is 50.1 Å². The molecule has 2 aromatic carbocycles. The van der Waals surface area contributed by atoms with Crippen molar-refractivity contribution in [3.8, 4) is 5.75 Å². The molecule has 5 nitrogen and oxygen atoms in total. The number of hydrogen-bond acceptors (Lipinski definition) is 5. The lowest BCUT2D eigenvalue weighted by Gasteiger charge is -2.17. The van der Waals surface area contributed by atoms with Gasteiger partial charge in [-0.15, -0.1) is 0 Å². The maximum Gasteiger partial charge on any atom is 0.421 e. The Morgan fingerprint density at radius 1 is 0.935 bits per heavy atom. The summed E-state index contributed by atoms with van der Waals surface area (Å²) in [6.45, 7) is 4.46. The second kappa shape index (κ2) is 10.1. The van der Waals surface area contributed by atoms with Gasteiger partial charge in [-0.05, 0) is 37.1 Å². The zero-order valence-corrected chi connectivity index (χ0v) is 17.5. The fraction of sp³-hybridized carbons (Fsp3) is 0.304. The highest BCUT2D eigenvalue weighted by atomic mass is 19.4. The Morgan fingerprint density at radius 2 is 1.65 bits per heavy atom. The molecule has 0 spiro atoms. The Kier molecular flexibility index (Phi) is 7.33. The lowest BCUT2D eigenvalue weighted by molar-refractivity contribution is -0.137. The monoisotopic (exact) mass is 430 g/mol. The molecule has 0 saturated heterocycles. The summed E-state index contributed by atoms with van der Waals surface area (Å²) in [5.41, 5.74) is 1.09. The van der Waals surface area contributed by atoms with E-state index in [0.29, 0.717) is 23.7 Å². The first-order chi connectivity index (χ1) is 14.9. The van der Waals surface area contributed by atoms with Crippen molar-refractivity contribution in [2.24, 2.45) is 0 Å². The van der Waals surface area contributed by atoms with Gasteiger partial charge in [0, 0.05) is 11.9 Å². The maximum absolute atomic E-state index is 13.6. The number of nitrogens with one attached hydrogen (secondary N) is 2. The number of aromatic nitrogens is 2. The predicted octanol–water partition coefficient (Wildman–Crippen LogP) is 6.86. The van der Waals surface area contributed by atoms with E-state index in [-0.39, 0.29) is 11.8 Å². The summed E-state index contributed by atoms with van der Waals surface area (Å²) in [5.74, 6) is 0.188. The quantitative estimate of drug-likeness (QED) is 0.363. The van der Waals surface area contributed by atoms with Gasteiger partial charge in [0.25, 0.3) is 0 Å². The molecule has 0 unspecified atom stereocenters. The van der Waals surface area contributed by atoms with Crippen molar-refractivity contribution in [3.63, 3.8) is 0 Å². The number of benzene rings is 2. The summed E-state index contributed by atoms with van der Waals surface area (Å²) in [6.07, 6.45) is -0.888. The van der Waals surface area contributed by atoms with Gasteiger partial charge in [0.1, 0.15) is 17.1 Å². The molecule has 8 heteroatoms. The zero-order valence-electron chi connectivity index (χ0n) is 17.5. The number of unbranched alkanes of at least 4 members (excludes halogenated alkanes) is 2. The van der Waals surface area contributed by atoms with Crippen molar-refractivity contribution in [1.29, 1.82) is 0 Å². The Morgan fingerprint density at radius 3 is 2.35 bits per heavy atom. The molecule has 0 aliphatic carbocycles. The number of halogens is 3. The summed E-state index contributed by atoms with van der Waals surface area (Å²) in [6, 6.07) is 14.3. The largest absolute Gasteiger partial charge is 0.491 e. The molecular formula is C23H25F3N4O. The molecule has 0 bridgehead atoms. The van der Waals surface area contributed by atoms with E-state index in [2.05, 4.69) is 27.5 Å². The molecular weight excluding hydrogens is 405 g/mol. The number of alkyl halides is 3. The summed E-state index contributed by atoms with van der Waals surface area (Å²) >= 11 is 0. The molecule has 0 atom stereocenters. The fourth-order valence-electron chi connectivity index (χ4n) is 2.94. The van der Waals surface area contributed by atoms with Crippen LogP contribution in [0.4, 0.5) is 36.3 Å². The van der Waals surface area contributed by atoms with E-state index in [1.807, 2.05) is 31.2 Å². The Balaban J connectivity index is 1.89. The molecule has 0 aliphatic heterocycles. The molecule has 2 N–H and O–H groups in total. The van der Waals surface area contributed by atoms with Gasteiger partial charge < -0.3 is 15.4 Å². The SMILES string of the molecule is CCCCCOc1ccccc1Nc1nc(Nc2ccccc2C)ncc1C(F)(F)F. The van der Waals surface area contributed by atoms with Crippen LogP contribution in [0.15, 0.2) is 54.7 Å². The predicted molar refractivity (Wildman–Crippen MR) is 116 cm³/mol. The van der Waals surface area contributed by atoms with Crippen molar-refractivity contribution in [1.82, 2.24) is 9.97 Å². The first kappa shape index (κ1) is 22.4. The molecule has 3 aromatic rings. The van der Waals surface area contributed by atoms with Gasteiger partial charge in [-0.2, -0.15) is 18.2 Å². The van der Waals surface area contributed by atoms with Crippen molar-refractivity contribution in [2.75, 3.05) is 17.2 Å². The molecule has 1 heterocycles. The second-order valence-electron chi connectivity index (χ2n) is 7.07. The van der Waals surface area contributed by atoms with Crippen LogP contribution in [0.3, 0.4) is 0 Å². The Hall–Kier alpha value is -3.29. The average Bonchev–Trinajstić information content (AvgIpc) is 2.73. The average molecular weight is 430 g/mol. The Bertz CT molecular complexity index is 1010. The number of anilines is 4. The van der Waals surface area contributed by atoms with E-state index in [9.17, 15) is 13.2 Å². The molecule has 0 amide bonds. The molecule has 0 fully saturated rings. The molecule has 164 valence electrons. The van der Waals surface area contributed by atoms with Crippen LogP contribution in [0.5, 0.6) is 5.75 Å². The first-order valence-corrected chi connectivity index (χ1v) is 10.1. The molecule has 0 saturated carbocycles. The van der Waals surface area contributed by atoms with Crippen LogP contribution in [0.1, 0.15) is 37.3 Å². The molecule has 3 rings (SSSR count). The lowest BCUT2D eigenvalue weighted by atomic mass is 10.2. The van der Waals surface area contributed by atoms with E-state index in [0.717, 1.165) is 31.0 Å². The highest BCUT2D eigenvalue weighted by molar-refractivity contribution is 5.68. The summed E-state index contributed by atoms with van der Waals surface area (Å²) < 4.78 is 46.5. The Labute approximate surface area is 179 Å². The van der Waals surface area contributed by atoms with Crippen LogP contribution < -0.4 is 15.4 Å². The minimum Gasteiger partial charge on any atom is -0.491 e. The van der Waals surface area contributed by atoms with Crippen LogP contribution in [-0.2, 0) is 6.18 Å². The normalized spacial score (nSPS) is 11.3. The smallest absolute Gasteiger partial charge is 0.421 e. The number of aryl methyl sites for hydroxylation is 1. The zero-order chi connectivity index (χ0) is 22.3. The summed E-state index contributed by atoms with van der Waals surface area (Å²) in [7, 11) is 0. The van der Waals surface area contributed by atoms with E-state index in [4.69, 9.17) is 4.74 Å². The highest BCUT2D eigenvalue weighted by Crippen LogP contribution is 2.37. The van der Waals surface area contributed by atoms with Crippen LogP contribution in [0.25, 0.3) is 0 Å². The third-order valence-electron chi connectivity index (χ3n) is 4.63. The minimum atomic E-state index is -4.61. The van der Waals surface area contributed by atoms with E-state index in [1.165, 1.54) is 0 Å². The number of rotatable bonds is 9. The van der Waals surface area contributed by atoms with E-state index >= 15 is 0 Å². The lowest BCUT2D eigenvalue weighted by Crippen LogP contribution is -2.13. The van der Waals surface area contributed by atoms with Crippen molar-refractivity contribution < 1.29 is 17.9 Å². The minimum absolute atomic E-state index is 0.0612. The van der Waals surface area contributed by atoms with Gasteiger partial charge >= 0.3 is 6.18 Å². The van der Waals surface area contributed by atoms with Gasteiger partial charge in [0.15, 0.2) is 0 Å². The topological polar surface area (TPSA) is 59.1 Å². The van der Waals surface area contributed by atoms with Crippen LogP contribution in [-0.4, -0.2) is 16.6 Å². The van der Waals surface area contributed by atoms with Crippen molar-refractivity contribution in [3.05, 3.63) is 65.9 Å². The highest BCUT2D eigenvalue weighted by Gasteiger charge is 2.35. The van der Waals surface area contributed by atoms with Gasteiger partial charge in [0.2, 0.25) is 5.95 Å². The van der Waals surface area contributed by atoms with Gasteiger partial charge in [-0.25, -0.2) is 4.98 Å². The number of nitrogens with zero attached hydrogens (tertiary/aromatic N) is 2. The summed E-state index contributed by atoms with van der Waals surface area (Å²) in [4.78, 5) is 7.98. The number of ether oxygens (including phenoxy) is 1. The fourth-order valence-corrected chi connectivity index (χ4v) is 2.94. The molecule has 31 heavy (non-hydrogen) atoms. The van der Waals surface area contributed by atoms with E-state index < -0.39 is 11.7 Å². The van der Waals surface area contributed by atoms with Crippen molar-refractivity contribution in [2.45, 2.75) is 39.3 Å².